The number of rotatable bonds is 5. The minimum atomic E-state index is -0.787. The van der Waals surface area contributed by atoms with Gasteiger partial charge in [0.15, 0.2) is 0 Å². The molecule has 5 heteroatoms. The summed E-state index contributed by atoms with van der Waals surface area (Å²) < 4.78 is 5.05. The van der Waals surface area contributed by atoms with Crippen molar-refractivity contribution in [1.82, 2.24) is 5.32 Å². The van der Waals surface area contributed by atoms with E-state index in [0.29, 0.717) is 25.0 Å². The summed E-state index contributed by atoms with van der Waals surface area (Å²) in [7, 11) is 1.58. The Balaban J connectivity index is 1.96. The molecule has 0 unspecified atom stereocenters. The molecule has 2 rings (SSSR count). The van der Waals surface area contributed by atoms with Crippen molar-refractivity contribution < 1.29 is 19.4 Å². The number of amides is 1. The van der Waals surface area contributed by atoms with Crippen LogP contribution in [0, 0.1) is 5.92 Å². The predicted octanol–water partition coefficient (Wildman–Crippen LogP) is 1.43. The van der Waals surface area contributed by atoms with Crippen molar-refractivity contribution in [3.8, 4) is 0 Å². The number of methoxy groups -OCH3 is 1. The molecule has 1 fully saturated rings. The Morgan fingerprint density at radius 3 is 2.68 bits per heavy atom. The average Bonchev–Trinajstić information content (AvgIpc) is 2.33. The molecule has 0 aliphatic heterocycles. The highest BCUT2D eigenvalue weighted by molar-refractivity contribution is 5.96. The Labute approximate surface area is 111 Å². The lowest BCUT2D eigenvalue weighted by molar-refractivity contribution is -0.145. The fourth-order valence-corrected chi connectivity index (χ4v) is 2.22. The maximum atomic E-state index is 12.1. The summed E-state index contributed by atoms with van der Waals surface area (Å²) in [5.74, 6) is -1.27. The van der Waals surface area contributed by atoms with E-state index in [4.69, 9.17) is 9.84 Å². The van der Waals surface area contributed by atoms with Gasteiger partial charge in [0.05, 0.1) is 12.5 Å². The lowest BCUT2D eigenvalue weighted by Crippen LogP contribution is -2.46. The molecule has 2 N–H and O–H groups in total. The van der Waals surface area contributed by atoms with Crippen molar-refractivity contribution in [2.75, 3.05) is 7.11 Å². The van der Waals surface area contributed by atoms with Crippen LogP contribution >= 0.6 is 0 Å². The maximum Gasteiger partial charge on any atom is 0.306 e. The van der Waals surface area contributed by atoms with Gasteiger partial charge in [0, 0.05) is 18.7 Å². The molecule has 1 aromatic carbocycles. The van der Waals surface area contributed by atoms with Crippen LogP contribution in [0.2, 0.25) is 0 Å². The van der Waals surface area contributed by atoms with E-state index in [1.807, 2.05) is 12.1 Å². The molecule has 1 amide bonds. The smallest absolute Gasteiger partial charge is 0.306 e. The molecule has 0 saturated heterocycles. The molecule has 0 atom stereocenters. The molecule has 5 nitrogen and oxygen atoms in total. The Hall–Kier alpha value is -1.88. The zero-order valence-electron chi connectivity index (χ0n) is 10.8. The van der Waals surface area contributed by atoms with E-state index in [9.17, 15) is 9.59 Å². The van der Waals surface area contributed by atoms with Crippen LogP contribution in [-0.4, -0.2) is 30.1 Å². The standard InChI is InChI=1S/C14H17NO4/c1-19-8-9-4-2-3-5-12(9)13(16)15-11-6-10(7-11)14(17)18/h2-5,10-11H,6-8H2,1H3,(H,15,16)(H,17,18). The molecule has 19 heavy (non-hydrogen) atoms. The Bertz CT molecular complexity index is 480. The van der Waals surface area contributed by atoms with E-state index in [0.717, 1.165) is 5.56 Å². The summed E-state index contributed by atoms with van der Waals surface area (Å²) in [6.45, 7) is 0.381. The molecule has 0 bridgehead atoms. The number of carboxylic acids is 1. The number of benzene rings is 1. The van der Waals surface area contributed by atoms with Gasteiger partial charge in [-0.15, -0.1) is 0 Å². The number of carbonyl (C=O) groups is 2. The van der Waals surface area contributed by atoms with E-state index in [-0.39, 0.29) is 17.9 Å². The predicted molar refractivity (Wildman–Crippen MR) is 68.8 cm³/mol. The monoisotopic (exact) mass is 263 g/mol. The van der Waals surface area contributed by atoms with Gasteiger partial charge in [0.25, 0.3) is 5.91 Å². The molecule has 0 spiro atoms. The largest absolute Gasteiger partial charge is 0.481 e. The highest BCUT2D eigenvalue weighted by atomic mass is 16.5. The van der Waals surface area contributed by atoms with Crippen molar-refractivity contribution in [2.45, 2.75) is 25.5 Å². The number of aliphatic carboxylic acids is 1. The number of carbonyl (C=O) groups excluding carboxylic acids is 1. The quantitative estimate of drug-likeness (QED) is 0.842. The van der Waals surface area contributed by atoms with Crippen LogP contribution in [0.5, 0.6) is 0 Å². The van der Waals surface area contributed by atoms with Crippen molar-refractivity contribution in [3.05, 3.63) is 35.4 Å². The fraction of sp³-hybridized carbons (Fsp3) is 0.429. The molecule has 1 aliphatic carbocycles. The van der Waals surface area contributed by atoms with Crippen molar-refractivity contribution in [3.63, 3.8) is 0 Å². The highest BCUT2D eigenvalue weighted by Crippen LogP contribution is 2.27. The molecule has 0 radical (unpaired) electrons. The molecule has 1 aliphatic rings. The SMILES string of the molecule is COCc1ccccc1C(=O)NC1CC(C(=O)O)C1. The number of carboxylic acid groups (broad SMARTS) is 1. The van der Waals surface area contributed by atoms with Gasteiger partial charge in [-0.1, -0.05) is 18.2 Å². The lowest BCUT2D eigenvalue weighted by atomic mass is 9.80. The van der Waals surface area contributed by atoms with Gasteiger partial charge in [-0.25, -0.2) is 0 Å². The average molecular weight is 263 g/mol. The second-order valence-corrected chi connectivity index (χ2v) is 4.77. The first-order chi connectivity index (χ1) is 9.11. The van der Waals surface area contributed by atoms with Crippen LogP contribution in [0.4, 0.5) is 0 Å². The topological polar surface area (TPSA) is 75.6 Å². The van der Waals surface area contributed by atoms with Crippen LogP contribution in [0.15, 0.2) is 24.3 Å². The summed E-state index contributed by atoms with van der Waals surface area (Å²) in [4.78, 5) is 22.8. The molecule has 0 aromatic heterocycles. The second-order valence-electron chi connectivity index (χ2n) is 4.77. The molecular formula is C14H17NO4. The van der Waals surface area contributed by atoms with Crippen LogP contribution < -0.4 is 5.32 Å². The van der Waals surface area contributed by atoms with Crippen LogP contribution in [0.25, 0.3) is 0 Å². The van der Waals surface area contributed by atoms with Gasteiger partial charge < -0.3 is 15.2 Å². The summed E-state index contributed by atoms with van der Waals surface area (Å²) in [6, 6.07) is 7.21. The van der Waals surface area contributed by atoms with E-state index in [2.05, 4.69) is 5.32 Å². The van der Waals surface area contributed by atoms with E-state index in [1.165, 1.54) is 0 Å². The van der Waals surface area contributed by atoms with E-state index in [1.54, 1.807) is 19.2 Å². The van der Waals surface area contributed by atoms with Gasteiger partial charge in [0.1, 0.15) is 0 Å². The molecule has 1 aromatic rings. The molecule has 1 saturated carbocycles. The van der Waals surface area contributed by atoms with Gasteiger partial charge in [-0.3, -0.25) is 9.59 Å². The minimum absolute atomic E-state index is 0.0378. The molecular weight excluding hydrogens is 246 g/mol. The summed E-state index contributed by atoms with van der Waals surface area (Å²) >= 11 is 0. The Morgan fingerprint density at radius 2 is 2.05 bits per heavy atom. The van der Waals surface area contributed by atoms with Crippen molar-refractivity contribution >= 4 is 11.9 Å². The van der Waals surface area contributed by atoms with Crippen LogP contribution in [-0.2, 0) is 16.1 Å². The Kier molecular flexibility index (Phi) is 4.16. The zero-order chi connectivity index (χ0) is 13.8. The second kappa shape index (κ2) is 5.84. The minimum Gasteiger partial charge on any atom is -0.481 e. The van der Waals surface area contributed by atoms with Crippen molar-refractivity contribution in [1.29, 1.82) is 0 Å². The first-order valence-electron chi connectivity index (χ1n) is 6.22. The summed E-state index contributed by atoms with van der Waals surface area (Å²) in [5, 5.41) is 11.6. The third-order valence-electron chi connectivity index (χ3n) is 3.38. The number of ether oxygens (including phenoxy) is 1. The number of hydrogen-bond donors (Lipinski definition) is 2. The van der Waals surface area contributed by atoms with Crippen molar-refractivity contribution in [2.24, 2.45) is 5.92 Å². The van der Waals surface area contributed by atoms with Gasteiger partial charge in [0.2, 0.25) is 0 Å². The van der Waals surface area contributed by atoms with Crippen LogP contribution in [0.1, 0.15) is 28.8 Å². The van der Waals surface area contributed by atoms with Crippen LogP contribution in [0.3, 0.4) is 0 Å². The van der Waals surface area contributed by atoms with E-state index >= 15 is 0 Å². The number of hydrogen-bond acceptors (Lipinski definition) is 3. The Morgan fingerprint density at radius 1 is 1.37 bits per heavy atom. The van der Waals surface area contributed by atoms with E-state index < -0.39 is 5.97 Å². The van der Waals surface area contributed by atoms with Gasteiger partial charge in [-0.05, 0) is 24.5 Å². The molecule has 102 valence electrons. The normalized spacial score (nSPS) is 21.5. The zero-order valence-corrected chi connectivity index (χ0v) is 10.8. The van der Waals surface area contributed by atoms with Gasteiger partial charge >= 0.3 is 5.97 Å². The third-order valence-corrected chi connectivity index (χ3v) is 3.38. The lowest BCUT2D eigenvalue weighted by Gasteiger charge is -2.33. The number of nitrogens with one attached hydrogen (secondary N) is 1. The van der Waals surface area contributed by atoms with Gasteiger partial charge in [-0.2, -0.15) is 0 Å². The summed E-state index contributed by atoms with van der Waals surface area (Å²) in [6.07, 6.45) is 1.01. The third kappa shape index (κ3) is 3.12. The molecule has 0 heterocycles. The fourth-order valence-electron chi connectivity index (χ4n) is 2.22. The highest BCUT2D eigenvalue weighted by Gasteiger charge is 2.35. The summed E-state index contributed by atoms with van der Waals surface area (Å²) in [5.41, 5.74) is 1.42. The first kappa shape index (κ1) is 13.5. The maximum absolute atomic E-state index is 12.1. The first-order valence-corrected chi connectivity index (χ1v) is 6.22.